The van der Waals surface area contributed by atoms with Crippen LogP contribution in [0.15, 0.2) is 30.3 Å². The van der Waals surface area contributed by atoms with Crippen LogP contribution in [0, 0.1) is 0 Å². The molecule has 1 rings (SSSR count). The number of carbonyl (C=O) groups is 2. The van der Waals surface area contributed by atoms with Gasteiger partial charge in [0.1, 0.15) is 12.6 Å². The van der Waals surface area contributed by atoms with Gasteiger partial charge in [0, 0.05) is 11.0 Å². The molecule has 0 saturated heterocycles. The molecular weight excluding hydrogens is 453 g/mol. The quantitative estimate of drug-likeness (QED) is 0.271. The average Bonchev–Trinajstić information content (AvgIpc) is 2.63. The first-order valence-electron chi connectivity index (χ1n) is 8.32. The van der Waals surface area contributed by atoms with E-state index in [9.17, 15) is 9.59 Å². The van der Waals surface area contributed by atoms with Crippen molar-refractivity contribution in [3.8, 4) is 0 Å². The van der Waals surface area contributed by atoms with Gasteiger partial charge in [-0.3, -0.25) is 4.90 Å². The summed E-state index contributed by atoms with van der Waals surface area (Å²) in [6, 6.07) is 8.92. The number of rotatable bonds is 11. The Hall–Kier alpha value is -0.960. The van der Waals surface area contributed by atoms with Crippen molar-refractivity contribution in [3.63, 3.8) is 0 Å². The zero-order chi connectivity index (χ0) is 18.5. The number of alkyl halides is 1. The Balaban J connectivity index is 2.81. The molecule has 0 fully saturated rings. The van der Waals surface area contributed by atoms with Gasteiger partial charge in [-0.05, 0) is 37.3 Å². The van der Waals surface area contributed by atoms with E-state index < -0.39 is 12.1 Å². The minimum atomic E-state index is -0.598. The van der Waals surface area contributed by atoms with Crippen molar-refractivity contribution in [1.82, 2.24) is 4.90 Å². The fourth-order valence-electron chi connectivity index (χ4n) is 2.28. The minimum Gasteiger partial charge on any atom is -0.464 e. The highest BCUT2D eigenvalue weighted by molar-refractivity contribution is 14.1. The predicted octanol–water partition coefficient (Wildman–Crippen LogP) is 4.14. The Kier molecular flexibility index (Phi) is 11.7. The summed E-state index contributed by atoms with van der Waals surface area (Å²) in [4.78, 5) is 26.5. The number of nitrogens with zero attached hydrogens (tertiary/aromatic N) is 1. The maximum Gasteiger partial charge on any atom is 0.410 e. The normalized spacial score (nSPS) is 11.6. The number of amides is 1. The summed E-state index contributed by atoms with van der Waals surface area (Å²) in [5, 5.41) is 0. The molecule has 0 heterocycles. The zero-order valence-electron chi connectivity index (χ0n) is 14.8. The number of benzene rings is 1. The second-order valence-electron chi connectivity index (χ2n) is 5.33. The van der Waals surface area contributed by atoms with Crippen molar-refractivity contribution in [2.45, 2.75) is 32.4 Å². The first-order chi connectivity index (χ1) is 12.1. The Morgan fingerprint density at radius 3 is 2.56 bits per heavy atom. The monoisotopic (exact) mass is 479 g/mol. The van der Waals surface area contributed by atoms with Gasteiger partial charge in [0.05, 0.1) is 6.61 Å². The number of ether oxygens (including phenoxy) is 2. The summed E-state index contributed by atoms with van der Waals surface area (Å²) in [5.41, 5.74) is 0.918. The van der Waals surface area contributed by atoms with Crippen LogP contribution in [0.5, 0.6) is 0 Å². The van der Waals surface area contributed by atoms with Gasteiger partial charge in [0.15, 0.2) is 0 Å². The van der Waals surface area contributed by atoms with Crippen molar-refractivity contribution < 1.29 is 19.1 Å². The fourth-order valence-corrected chi connectivity index (χ4v) is 3.08. The fraction of sp³-hybridized carbons (Fsp3) is 0.556. The van der Waals surface area contributed by atoms with E-state index in [2.05, 4.69) is 22.6 Å². The number of hydrogen-bond donors (Lipinski definition) is 0. The van der Waals surface area contributed by atoms with Gasteiger partial charge in [-0.1, -0.05) is 52.9 Å². The molecule has 1 amide bonds. The van der Waals surface area contributed by atoms with Crippen molar-refractivity contribution in [2.24, 2.45) is 0 Å². The van der Waals surface area contributed by atoms with Gasteiger partial charge in [0.2, 0.25) is 0 Å². The smallest absolute Gasteiger partial charge is 0.410 e. The molecule has 0 bridgehead atoms. The highest BCUT2D eigenvalue weighted by Crippen LogP contribution is 2.14. The lowest BCUT2D eigenvalue weighted by atomic mass is 10.2. The highest BCUT2D eigenvalue weighted by atomic mass is 127. The molecule has 0 aliphatic carbocycles. The molecule has 0 aliphatic rings. The third-order valence-corrected chi connectivity index (χ3v) is 4.91. The molecular formula is C18H26INO4S. The van der Waals surface area contributed by atoms with Crippen LogP contribution in [0.4, 0.5) is 4.79 Å². The van der Waals surface area contributed by atoms with E-state index in [1.165, 1.54) is 4.90 Å². The molecule has 140 valence electrons. The Morgan fingerprint density at radius 1 is 1.24 bits per heavy atom. The van der Waals surface area contributed by atoms with Crippen LogP contribution in [0.2, 0.25) is 0 Å². The van der Waals surface area contributed by atoms with Crippen LogP contribution in [0.25, 0.3) is 0 Å². The molecule has 0 saturated carbocycles. The lowest BCUT2D eigenvalue weighted by Crippen LogP contribution is -2.47. The van der Waals surface area contributed by atoms with Gasteiger partial charge in [0.25, 0.3) is 0 Å². The molecule has 7 heteroatoms. The molecule has 0 unspecified atom stereocenters. The van der Waals surface area contributed by atoms with Crippen LogP contribution in [0.3, 0.4) is 0 Å². The van der Waals surface area contributed by atoms with Crippen LogP contribution < -0.4 is 0 Å². The standard InChI is InChI=1S/C18H26INO4S/c1-3-23-17(21)16(10-13-25-2)20(12-7-11-19)18(22)24-14-15-8-5-4-6-9-15/h4-6,8-9,16H,3,7,10-14H2,1-2H3/t16-/m0/s1. The first-order valence-corrected chi connectivity index (χ1v) is 11.2. The first kappa shape index (κ1) is 22.1. The van der Waals surface area contributed by atoms with E-state index in [1.807, 2.05) is 36.6 Å². The molecule has 0 radical (unpaired) electrons. The second kappa shape index (κ2) is 13.3. The maximum absolute atomic E-state index is 12.6. The van der Waals surface area contributed by atoms with Crippen molar-refractivity contribution >= 4 is 46.4 Å². The summed E-state index contributed by atoms with van der Waals surface area (Å²) in [5.74, 6) is 0.414. The van der Waals surface area contributed by atoms with Crippen molar-refractivity contribution in [2.75, 3.05) is 29.6 Å². The minimum absolute atomic E-state index is 0.193. The molecule has 5 nitrogen and oxygen atoms in total. The molecule has 1 aromatic carbocycles. The van der Waals surface area contributed by atoms with Gasteiger partial charge < -0.3 is 9.47 Å². The lowest BCUT2D eigenvalue weighted by molar-refractivity contribution is -0.149. The molecule has 0 aromatic heterocycles. The molecule has 0 spiro atoms. The number of esters is 1. The molecule has 1 atom stereocenters. The van der Waals surface area contributed by atoms with E-state index in [0.717, 1.165) is 22.2 Å². The molecule has 0 N–H and O–H groups in total. The maximum atomic E-state index is 12.6. The van der Waals surface area contributed by atoms with E-state index in [0.29, 0.717) is 19.6 Å². The van der Waals surface area contributed by atoms with E-state index in [4.69, 9.17) is 9.47 Å². The molecule has 0 aliphatic heterocycles. The SMILES string of the molecule is CCOC(=O)[C@H](CCSC)N(CCCI)C(=O)OCc1ccccc1. The number of halogens is 1. The lowest BCUT2D eigenvalue weighted by Gasteiger charge is -2.29. The largest absolute Gasteiger partial charge is 0.464 e. The average molecular weight is 479 g/mol. The second-order valence-corrected chi connectivity index (χ2v) is 7.39. The number of carbonyl (C=O) groups excluding carboxylic acids is 2. The van der Waals surface area contributed by atoms with Gasteiger partial charge >= 0.3 is 12.1 Å². The van der Waals surface area contributed by atoms with Crippen LogP contribution in [0.1, 0.15) is 25.3 Å². The van der Waals surface area contributed by atoms with E-state index in [1.54, 1.807) is 18.7 Å². The summed E-state index contributed by atoms with van der Waals surface area (Å²) in [7, 11) is 0. The van der Waals surface area contributed by atoms with E-state index in [-0.39, 0.29) is 12.6 Å². The Labute approximate surface area is 168 Å². The van der Waals surface area contributed by atoms with Gasteiger partial charge in [-0.25, -0.2) is 9.59 Å². The summed E-state index contributed by atoms with van der Waals surface area (Å²) >= 11 is 3.90. The number of hydrogen-bond acceptors (Lipinski definition) is 5. The van der Waals surface area contributed by atoms with Crippen molar-refractivity contribution in [1.29, 1.82) is 0 Å². The van der Waals surface area contributed by atoms with Crippen LogP contribution in [-0.2, 0) is 20.9 Å². The van der Waals surface area contributed by atoms with Crippen LogP contribution >= 0.6 is 34.4 Å². The Bertz CT molecular complexity index is 515. The zero-order valence-corrected chi connectivity index (χ0v) is 17.8. The predicted molar refractivity (Wildman–Crippen MR) is 110 cm³/mol. The third-order valence-electron chi connectivity index (χ3n) is 3.50. The van der Waals surface area contributed by atoms with E-state index >= 15 is 0 Å². The van der Waals surface area contributed by atoms with Crippen molar-refractivity contribution in [3.05, 3.63) is 35.9 Å². The Morgan fingerprint density at radius 2 is 1.96 bits per heavy atom. The molecule has 1 aromatic rings. The molecule has 25 heavy (non-hydrogen) atoms. The third kappa shape index (κ3) is 8.31. The highest BCUT2D eigenvalue weighted by Gasteiger charge is 2.31. The number of thioether (sulfide) groups is 1. The summed E-state index contributed by atoms with van der Waals surface area (Å²) in [6.45, 7) is 2.74. The van der Waals surface area contributed by atoms with Crippen LogP contribution in [-0.4, -0.2) is 52.6 Å². The van der Waals surface area contributed by atoms with Gasteiger partial charge in [-0.2, -0.15) is 11.8 Å². The summed E-state index contributed by atoms with van der Waals surface area (Å²) in [6.07, 6.45) is 2.87. The van der Waals surface area contributed by atoms with Gasteiger partial charge in [-0.15, -0.1) is 0 Å². The summed E-state index contributed by atoms with van der Waals surface area (Å²) < 4.78 is 11.5. The topological polar surface area (TPSA) is 55.8 Å².